The van der Waals surface area contributed by atoms with Crippen molar-refractivity contribution in [2.75, 3.05) is 5.32 Å². The van der Waals surface area contributed by atoms with Crippen molar-refractivity contribution in [1.82, 2.24) is 0 Å². The van der Waals surface area contributed by atoms with E-state index in [4.69, 9.17) is 11.6 Å². The predicted octanol–water partition coefficient (Wildman–Crippen LogP) is 4.57. The number of hydrogen-bond donors (Lipinski definition) is 1. The third-order valence-electron chi connectivity index (χ3n) is 3.77. The highest BCUT2D eigenvalue weighted by atomic mass is 35.5. The quantitative estimate of drug-likeness (QED) is 0.699. The molecule has 1 N–H and O–H groups in total. The number of rotatable bonds is 5. The molecule has 0 saturated heterocycles. The van der Waals surface area contributed by atoms with E-state index < -0.39 is 9.84 Å². The lowest BCUT2D eigenvalue weighted by atomic mass is 10.1. The normalized spacial score (nSPS) is 11.1. The molecule has 0 bridgehead atoms. The van der Waals surface area contributed by atoms with Gasteiger partial charge in [-0.05, 0) is 42.0 Å². The third kappa shape index (κ3) is 4.31. The Morgan fingerprint density at radius 1 is 0.885 bits per heavy atom. The summed E-state index contributed by atoms with van der Waals surface area (Å²) < 4.78 is 25.0. The van der Waals surface area contributed by atoms with Gasteiger partial charge >= 0.3 is 0 Å². The molecule has 0 atom stereocenters. The number of carbonyl (C=O) groups is 1. The van der Waals surface area contributed by atoms with E-state index in [9.17, 15) is 13.2 Å². The molecule has 0 aliphatic carbocycles. The predicted molar refractivity (Wildman–Crippen MR) is 103 cm³/mol. The maximum Gasteiger partial charge on any atom is 0.255 e. The smallest absolute Gasteiger partial charge is 0.255 e. The van der Waals surface area contributed by atoms with Crippen molar-refractivity contribution in [1.29, 1.82) is 0 Å². The third-order valence-corrected chi connectivity index (χ3v) is 5.80. The van der Waals surface area contributed by atoms with Crippen LogP contribution in [-0.4, -0.2) is 14.3 Å². The lowest BCUT2D eigenvalue weighted by molar-refractivity contribution is 0.102. The lowest BCUT2D eigenvalue weighted by Crippen LogP contribution is -2.13. The summed E-state index contributed by atoms with van der Waals surface area (Å²) in [4.78, 5) is 12.7. The van der Waals surface area contributed by atoms with Gasteiger partial charge in [-0.2, -0.15) is 0 Å². The maximum atomic E-state index is 12.5. The summed E-state index contributed by atoms with van der Waals surface area (Å²) in [5, 5.41) is 3.16. The van der Waals surface area contributed by atoms with E-state index in [-0.39, 0.29) is 16.6 Å². The van der Waals surface area contributed by atoms with Crippen LogP contribution < -0.4 is 5.32 Å². The van der Waals surface area contributed by atoms with Gasteiger partial charge in [0.05, 0.1) is 21.4 Å². The van der Waals surface area contributed by atoms with E-state index in [1.807, 2.05) is 0 Å². The maximum absolute atomic E-state index is 12.5. The molecule has 3 aromatic rings. The van der Waals surface area contributed by atoms with Gasteiger partial charge in [0.2, 0.25) is 0 Å². The minimum Gasteiger partial charge on any atom is -0.321 e. The molecule has 132 valence electrons. The molecule has 0 aliphatic heterocycles. The molecule has 0 radical (unpaired) electrons. The second-order valence-electron chi connectivity index (χ2n) is 5.71. The first-order valence-corrected chi connectivity index (χ1v) is 9.91. The van der Waals surface area contributed by atoms with Crippen LogP contribution in [0.2, 0.25) is 5.02 Å². The molecule has 0 aliphatic rings. The fraction of sp³-hybridized carbons (Fsp3) is 0.0500. The van der Waals surface area contributed by atoms with Gasteiger partial charge in [-0.15, -0.1) is 0 Å². The Hall–Kier alpha value is -2.63. The Morgan fingerprint density at radius 3 is 2.31 bits per heavy atom. The molecule has 0 unspecified atom stereocenters. The number of sulfone groups is 1. The van der Waals surface area contributed by atoms with E-state index in [0.717, 1.165) is 0 Å². The molecule has 0 saturated carbocycles. The van der Waals surface area contributed by atoms with Crippen molar-refractivity contribution < 1.29 is 13.2 Å². The van der Waals surface area contributed by atoms with Crippen molar-refractivity contribution in [3.63, 3.8) is 0 Å². The summed E-state index contributed by atoms with van der Waals surface area (Å²) in [6.45, 7) is 0. The molecule has 0 aromatic heterocycles. The van der Waals surface area contributed by atoms with Crippen LogP contribution in [0.5, 0.6) is 0 Å². The van der Waals surface area contributed by atoms with Gasteiger partial charge in [-0.3, -0.25) is 4.79 Å². The zero-order valence-electron chi connectivity index (χ0n) is 13.7. The number of anilines is 1. The zero-order valence-corrected chi connectivity index (χ0v) is 15.3. The number of halogens is 1. The molecule has 0 spiro atoms. The van der Waals surface area contributed by atoms with Crippen LogP contribution in [0.15, 0.2) is 83.8 Å². The molecule has 3 rings (SSSR count). The topological polar surface area (TPSA) is 63.2 Å². The Kier molecular flexibility index (Phi) is 5.40. The highest BCUT2D eigenvalue weighted by Crippen LogP contribution is 2.22. The van der Waals surface area contributed by atoms with Crippen molar-refractivity contribution in [3.05, 3.63) is 95.0 Å². The van der Waals surface area contributed by atoms with Gasteiger partial charge in [0.1, 0.15) is 0 Å². The molecule has 26 heavy (non-hydrogen) atoms. The molecular formula is C20H16ClNO3S. The van der Waals surface area contributed by atoms with Gasteiger partial charge < -0.3 is 5.32 Å². The van der Waals surface area contributed by atoms with Gasteiger partial charge in [0.25, 0.3) is 5.91 Å². The summed E-state index contributed by atoms with van der Waals surface area (Å²) >= 11 is 6.05. The second kappa shape index (κ2) is 7.72. The lowest BCUT2D eigenvalue weighted by Gasteiger charge is -2.09. The molecule has 0 fully saturated rings. The van der Waals surface area contributed by atoms with E-state index in [1.165, 1.54) is 0 Å². The summed E-state index contributed by atoms with van der Waals surface area (Å²) in [5.41, 5.74) is 1.41. The second-order valence-corrected chi connectivity index (χ2v) is 8.10. The van der Waals surface area contributed by atoms with Crippen molar-refractivity contribution >= 4 is 33.0 Å². The minimum absolute atomic E-state index is 0.176. The van der Waals surface area contributed by atoms with Crippen LogP contribution in [0.4, 0.5) is 5.69 Å². The summed E-state index contributed by atoms with van der Waals surface area (Å²) in [6.07, 6.45) is 0. The van der Waals surface area contributed by atoms with E-state index in [1.54, 1.807) is 78.9 Å². The first-order valence-electron chi connectivity index (χ1n) is 7.88. The molecule has 0 heterocycles. The van der Waals surface area contributed by atoms with Gasteiger partial charge in [0, 0.05) is 5.56 Å². The SMILES string of the molecule is O=C(Nc1ccccc1Cl)c1cccc(CS(=O)(=O)c2ccccc2)c1. The summed E-state index contributed by atoms with van der Waals surface area (Å²) in [7, 11) is -3.47. The van der Waals surface area contributed by atoms with Crippen LogP contribution >= 0.6 is 11.6 Å². The Morgan fingerprint density at radius 2 is 1.58 bits per heavy atom. The highest BCUT2D eigenvalue weighted by Gasteiger charge is 2.16. The van der Waals surface area contributed by atoms with E-state index in [0.29, 0.717) is 21.8 Å². The Bertz CT molecular complexity index is 1030. The van der Waals surface area contributed by atoms with Crippen LogP contribution in [0.1, 0.15) is 15.9 Å². The van der Waals surface area contributed by atoms with Crippen molar-refractivity contribution in [2.24, 2.45) is 0 Å². The van der Waals surface area contributed by atoms with Crippen LogP contribution in [0.25, 0.3) is 0 Å². The number of amides is 1. The molecule has 6 heteroatoms. The first-order chi connectivity index (χ1) is 12.5. The van der Waals surface area contributed by atoms with Crippen molar-refractivity contribution in [2.45, 2.75) is 10.6 Å². The average molecular weight is 386 g/mol. The minimum atomic E-state index is -3.47. The highest BCUT2D eigenvalue weighted by molar-refractivity contribution is 7.90. The zero-order chi connectivity index (χ0) is 18.6. The van der Waals surface area contributed by atoms with Gasteiger partial charge in [0.15, 0.2) is 9.84 Å². The van der Waals surface area contributed by atoms with Crippen LogP contribution in [0.3, 0.4) is 0 Å². The number of hydrogen-bond acceptors (Lipinski definition) is 3. The molecule has 1 amide bonds. The molecular weight excluding hydrogens is 370 g/mol. The molecule has 4 nitrogen and oxygen atoms in total. The first kappa shape index (κ1) is 18.2. The van der Waals surface area contributed by atoms with E-state index >= 15 is 0 Å². The number of carbonyl (C=O) groups excluding carboxylic acids is 1. The van der Waals surface area contributed by atoms with Crippen LogP contribution in [-0.2, 0) is 15.6 Å². The van der Waals surface area contributed by atoms with Gasteiger partial charge in [-0.1, -0.05) is 54.1 Å². The average Bonchev–Trinajstić information content (AvgIpc) is 2.64. The monoisotopic (exact) mass is 385 g/mol. The van der Waals surface area contributed by atoms with E-state index in [2.05, 4.69) is 5.32 Å². The number of para-hydroxylation sites is 1. The Balaban J connectivity index is 1.80. The fourth-order valence-electron chi connectivity index (χ4n) is 2.49. The summed E-state index contributed by atoms with van der Waals surface area (Å²) in [6, 6.07) is 21.7. The molecule has 3 aromatic carbocycles. The standard InChI is InChI=1S/C20H16ClNO3S/c21-18-11-4-5-12-19(18)22-20(23)16-8-6-7-15(13-16)14-26(24,25)17-9-2-1-3-10-17/h1-13H,14H2,(H,22,23). The fourth-order valence-corrected chi connectivity index (χ4v) is 4.03. The van der Waals surface area contributed by atoms with Crippen LogP contribution in [0, 0.1) is 0 Å². The largest absolute Gasteiger partial charge is 0.321 e. The van der Waals surface area contributed by atoms with Gasteiger partial charge in [-0.25, -0.2) is 8.42 Å². The van der Waals surface area contributed by atoms with Crippen molar-refractivity contribution in [3.8, 4) is 0 Å². The number of nitrogens with one attached hydrogen (secondary N) is 1. The Labute approximate surface area is 157 Å². The summed E-state index contributed by atoms with van der Waals surface area (Å²) in [5.74, 6) is -0.526. The number of benzene rings is 3.